The molecular weight excluding hydrogens is 543 g/mol. The van der Waals surface area contributed by atoms with E-state index in [2.05, 4.69) is 83.5 Å². The number of nitrogens with one attached hydrogen (secondary N) is 1. The average molecular weight is 584 g/mol. The highest BCUT2D eigenvalue weighted by Crippen LogP contribution is 2.43. The predicted octanol–water partition coefficient (Wildman–Crippen LogP) is 9.51. The molecule has 0 aromatic heterocycles. The molecule has 4 heteroatoms. The lowest BCUT2D eigenvalue weighted by Gasteiger charge is -2.19. The Bertz CT molecular complexity index is 1460. The Morgan fingerprint density at radius 1 is 0.902 bits per heavy atom. The number of halogens is 2. The first-order chi connectivity index (χ1) is 20.0. The molecule has 2 nitrogen and oxygen atoms in total. The summed E-state index contributed by atoms with van der Waals surface area (Å²) in [6.07, 6.45) is 15.0. The van der Waals surface area contributed by atoms with E-state index in [9.17, 15) is 0 Å². The van der Waals surface area contributed by atoms with Crippen LogP contribution in [0.25, 0.3) is 11.1 Å². The molecule has 3 aromatic rings. The molecule has 0 amide bonds. The Hall–Kier alpha value is -2.78. The molecule has 41 heavy (non-hydrogen) atoms. The molecule has 1 N–H and O–H groups in total. The summed E-state index contributed by atoms with van der Waals surface area (Å²) in [5.41, 5.74) is 10.5. The van der Waals surface area contributed by atoms with E-state index in [4.69, 9.17) is 23.2 Å². The number of hydrogen-bond acceptors (Lipinski definition) is 2. The molecule has 2 fully saturated rings. The second-order valence-corrected chi connectivity index (χ2v) is 12.8. The van der Waals surface area contributed by atoms with Gasteiger partial charge in [-0.15, -0.1) is 0 Å². The zero-order chi connectivity index (χ0) is 28.2. The summed E-state index contributed by atoms with van der Waals surface area (Å²) in [7, 11) is 0. The van der Waals surface area contributed by atoms with Crippen LogP contribution >= 0.6 is 23.2 Å². The number of hydrogen-bond donors (Lipinski definition) is 1. The van der Waals surface area contributed by atoms with Gasteiger partial charge in [0.1, 0.15) is 0 Å². The zero-order valence-electron chi connectivity index (χ0n) is 23.9. The van der Waals surface area contributed by atoms with Gasteiger partial charge in [0, 0.05) is 40.9 Å². The third-order valence-corrected chi connectivity index (χ3v) is 9.67. The highest BCUT2D eigenvalue weighted by atomic mass is 35.5. The number of rotatable bonds is 10. The topological polar surface area (TPSA) is 15.3 Å². The number of allylic oxidation sites excluding steroid dienone is 2. The van der Waals surface area contributed by atoms with E-state index in [1.54, 1.807) is 0 Å². The van der Waals surface area contributed by atoms with Crippen molar-refractivity contribution >= 4 is 34.3 Å². The normalized spacial score (nSPS) is 18.0. The molecule has 1 heterocycles. The Morgan fingerprint density at radius 3 is 2.44 bits per heavy atom. The Kier molecular flexibility index (Phi) is 8.72. The first kappa shape index (κ1) is 28.3. The maximum absolute atomic E-state index is 6.77. The van der Waals surface area contributed by atoms with E-state index in [-0.39, 0.29) is 0 Å². The van der Waals surface area contributed by atoms with Crippen molar-refractivity contribution in [2.75, 3.05) is 19.6 Å². The molecule has 0 atom stereocenters. The average Bonchev–Trinajstić information content (AvgIpc) is 3.59. The lowest BCUT2D eigenvalue weighted by Crippen LogP contribution is -2.31. The fraction of sp³-hybridized carbons (Fsp3) is 0.351. The van der Waals surface area contributed by atoms with Crippen LogP contribution in [0, 0.1) is 0 Å². The summed E-state index contributed by atoms with van der Waals surface area (Å²) in [5, 5.41) is 5.22. The van der Waals surface area contributed by atoms with Crippen LogP contribution < -0.4 is 5.32 Å². The lowest BCUT2D eigenvalue weighted by atomic mass is 9.87. The van der Waals surface area contributed by atoms with Crippen LogP contribution in [0.4, 0.5) is 0 Å². The SMILES string of the molecule is C=C(/C=C/CNC1(CCc2ccc(C3=C(c4ccc(Cl)cc4Cl)CCCc4ccccc43)cc2)CC1)N1CCCC1. The van der Waals surface area contributed by atoms with Crippen LogP contribution in [0.3, 0.4) is 0 Å². The predicted molar refractivity (Wildman–Crippen MR) is 176 cm³/mol. The molecule has 2 aliphatic carbocycles. The third kappa shape index (κ3) is 6.67. The molecule has 1 aliphatic heterocycles. The summed E-state index contributed by atoms with van der Waals surface area (Å²) in [4.78, 5) is 2.39. The number of fused-ring (bicyclic) bond motifs is 1. The number of benzene rings is 3. The molecule has 3 aromatic carbocycles. The van der Waals surface area contributed by atoms with Gasteiger partial charge in [-0.2, -0.15) is 0 Å². The Balaban J connectivity index is 1.17. The second kappa shape index (κ2) is 12.6. The van der Waals surface area contributed by atoms with Gasteiger partial charge in [-0.3, -0.25) is 0 Å². The van der Waals surface area contributed by atoms with E-state index < -0.39 is 0 Å². The minimum absolute atomic E-state index is 0.291. The van der Waals surface area contributed by atoms with Gasteiger partial charge in [0.15, 0.2) is 0 Å². The van der Waals surface area contributed by atoms with Crippen LogP contribution in [0.15, 0.2) is 91.2 Å². The molecule has 0 bridgehead atoms. The number of likely N-dealkylation sites (tertiary alicyclic amines) is 1. The van der Waals surface area contributed by atoms with Crippen molar-refractivity contribution in [2.24, 2.45) is 0 Å². The van der Waals surface area contributed by atoms with Crippen molar-refractivity contribution in [3.63, 3.8) is 0 Å². The molecular formula is C37H40Cl2N2. The van der Waals surface area contributed by atoms with Crippen LogP contribution in [0.2, 0.25) is 10.0 Å². The monoisotopic (exact) mass is 582 g/mol. The van der Waals surface area contributed by atoms with Crippen molar-refractivity contribution < 1.29 is 0 Å². The van der Waals surface area contributed by atoms with E-state index >= 15 is 0 Å². The Labute approximate surface area is 255 Å². The largest absolute Gasteiger partial charge is 0.372 e. The highest BCUT2D eigenvalue weighted by Gasteiger charge is 2.41. The maximum atomic E-state index is 6.77. The van der Waals surface area contributed by atoms with Gasteiger partial charge < -0.3 is 10.2 Å². The summed E-state index contributed by atoms with van der Waals surface area (Å²) < 4.78 is 0. The molecule has 1 saturated carbocycles. The van der Waals surface area contributed by atoms with Gasteiger partial charge in [-0.25, -0.2) is 0 Å². The first-order valence-electron chi connectivity index (χ1n) is 15.2. The number of aryl methyl sites for hydroxylation is 2. The minimum atomic E-state index is 0.291. The van der Waals surface area contributed by atoms with Crippen molar-refractivity contribution in [1.82, 2.24) is 10.2 Å². The molecule has 212 valence electrons. The minimum Gasteiger partial charge on any atom is -0.372 e. The van der Waals surface area contributed by atoms with Gasteiger partial charge in [-0.05, 0) is 115 Å². The van der Waals surface area contributed by atoms with Crippen LogP contribution in [0.5, 0.6) is 0 Å². The second-order valence-electron chi connectivity index (χ2n) is 11.9. The smallest absolute Gasteiger partial charge is 0.0496 e. The Morgan fingerprint density at radius 2 is 1.68 bits per heavy atom. The fourth-order valence-corrected chi connectivity index (χ4v) is 7.05. The summed E-state index contributed by atoms with van der Waals surface area (Å²) in [5.74, 6) is 0. The molecule has 0 unspecified atom stereocenters. The van der Waals surface area contributed by atoms with Gasteiger partial charge in [0.2, 0.25) is 0 Å². The van der Waals surface area contributed by atoms with Crippen molar-refractivity contribution in [3.8, 4) is 0 Å². The quantitative estimate of drug-likeness (QED) is 0.239. The first-order valence-corrected chi connectivity index (χ1v) is 16.0. The molecule has 6 rings (SSSR count). The standard InChI is InChI=1S/C37H40Cl2N2/c1-27(41-24-4-5-25-41)8-7-23-40-37(21-22-37)20-19-28-13-15-30(16-14-28)36-32-11-3-2-9-29(32)10-6-12-34(36)33-18-17-31(38)26-35(33)39/h2-3,7-9,11,13-18,26,40H,1,4-6,10,12,19-25H2/b8-7+. The maximum Gasteiger partial charge on any atom is 0.0496 e. The van der Waals surface area contributed by atoms with E-state index in [1.807, 2.05) is 12.1 Å². The molecule has 1 saturated heterocycles. The van der Waals surface area contributed by atoms with Gasteiger partial charge in [0.25, 0.3) is 0 Å². The van der Waals surface area contributed by atoms with Crippen molar-refractivity contribution in [2.45, 2.75) is 63.3 Å². The summed E-state index contributed by atoms with van der Waals surface area (Å²) in [6.45, 7) is 7.46. The van der Waals surface area contributed by atoms with Gasteiger partial charge >= 0.3 is 0 Å². The van der Waals surface area contributed by atoms with E-state index in [0.717, 1.165) is 61.6 Å². The van der Waals surface area contributed by atoms with Crippen LogP contribution in [0.1, 0.15) is 72.8 Å². The van der Waals surface area contributed by atoms with Gasteiger partial charge in [0.05, 0.1) is 0 Å². The van der Waals surface area contributed by atoms with Crippen molar-refractivity contribution in [3.05, 3.63) is 129 Å². The van der Waals surface area contributed by atoms with E-state index in [0.29, 0.717) is 10.6 Å². The zero-order valence-corrected chi connectivity index (χ0v) is 25.4. The highest BCUT2D eigenvalue weighted by molar-refractivity contribution is 6.36. The summed E-state index contributed by atoms with van der Waals surface area (Å²) >= 11 is 13.0. The number of nitrogens with zero attached hydrogens (tertiary/aromatic N) is 1. The van der Waals surface area contributed by atoms with E-state index in [1.165, 1.54) is 65.5 Å². The van der Waals surface area contributed by atoms with Gasteiger partial charge in [-0.1, -0.05) is 90.5 Å². The van der Waals surface area contributed by atoms with Crippen LogP contribution in [-0.4, -0.2) is 30.1 Å². The fourth-order valence-electron chi connectivity index (χ4n) is 6.53. The molecule has 3 aliphatic rings. The third-order valence-electron chi connectivity index (χ3n) is 9.12. The molecule has 0 radical (unpaired) electrons. The lowest BCUT2D eigenvalue weighted by molar-refractivity contribution is 0.441. The summed E-state index contributed by atoms with van der Waals surface area (Å²) in [6, 6.07) is 24.0. The molecule has 0 spiro atoms. The van der Waals surface area contributed by atoms with Crippen molar-refractivity contribution in [1.29, 1.82) is 0 Å². The van der Waals surface area contributed by atoms with Crippen LogP contribution in [-0.2, 0) is 12.8 Å².